The molecule has 0 radical (unpaired) electrons. The highest BCUT2D eigenvalue weighted by Crippen LogP contribution is 2.28. The molecule has 0 bridgehead atoms. The predicted octanol–water partition coefficient (Wildman–Crippen LogP) is 2.54. The van der Waals surface area contributed by atoms with Crippen LogP contribution in [0.4, 0.5) is 5.69 Å². The number of nitrogens with zero attached hydrogens (tertiary/aromatic N) is 2. The van der Waals surface area contributed by atoms with E-state index in [-0.39, 0.29) is 6.61 Å². The monoisotopic (exact) mass is 246 g/mol. The highest BCUT2D eigenvalue weighted by Gasteiger charge is 2.17. The predicted molar refractivity (Wildman–Crippen MR) is 75.5 cm³/mol. The second kappa shape index (κ2) is 5.44. The minimum absolute atomic E-state index is 0.257. The first-order chi connectivity index (χ1) is 8.61. The maximum absolute atomic E-state index is 8.86. The molecular weight excluding hydrogens is 224 g/mol. The van der Waals surface area contributed by atoms with Crippen molar-refractivity contribution in [1.29, 1.82) is 0 Å². The summed E-state index contributed by atoms with van der Waals surface area (Å²) in [5.74, 6) is 0. The minimum Gasteiger partial charge on any atom is -0.396 e. The van der Waals surface area contributed by atoms with Gasteiger partial charge in [0.25, 0.3) is 0 Å². The molecule has 0 unspecified atom stereocenters. The quantitative estimate of drug-likeness (QED) is 0.884. The zero-order chi connectivity index (χ0) is 13.1. The maximum atomic E-state index is 8.86. The van der Waals surface area contributed by atoms with Gasteiger partial charge in [0, 0.05) is 31.2 Å². The Morgan fingerprint density at radius 1 is 1.11 bits per heavy atom. The molecule has 18 heavy (non-hydrogen) atoms. The Labute approximate surface area is 109 Å². The number of aliphatic hydroxyl groups excluding tert-OH is 1. The van der Waals surface area contributed by atoms with E-state index in [4.69, 9.17) is 5.11 Å². The summed E-state index contributed by atoms with van der Waals surface area (Å²) in [6.07, 6.45) is 5.06. The number of anilines is 1. The van der Waals surface area contributed by atoms with Crippen molar-refractivity contribution in [2.24, 2.45) is 0 Å². The van der Waals surface area contributed by atoms with Crippen molar-refractivity contribution >= 4 is 5.69 Å². The number of benzene rings is 1. The topological polar surface area (TPSA) is 26.7 Å². The molecule has 0 saturated carbocycles. The Morgan fingerprint density at radius 3 is 2.39 bits per heavy atom. The van der Waals surface area contributed by atoms with Crippen molar-refractivity contribution in [2.75, 3.05) is 24.7 Å². The van der Waals surface area contributed by atoms with Crippen LogP contribution >= 0.6 is 0 Å². The zero-order valence-corrected chi connectivity index (χ0v) is 11.5. The van der Waals surface area contributed by atoms with Gasteiger partial charge in [-0.05, 0) is 38.3 Å². The van der Waals surface area contributed by atoms with Crippen LogP contribution < -0.4 is 4.90 Å². The van der Waals surface area contributed by atoms with Crippen LogP contribution in [0.2, 0.25) is 0 Å². The molecule has 0 aromatic heterocycles. The van der Waals surface area contributed by atoms with Crippen LogP contribution in [0.5, 0.6) is 0 Å². The standard InChI is InChI=1S/C15H22N2O/c1-12-9-13(2)15(14(3)10-12)17-7-6-16(11-17)5-4-8-18/h6-7,9-10,18H,4-5,8,11H2,1-3H3. The molecule has 1 aromatic carbocycles. The zero-order valence-electron chi connectivity index (χ0n) is 11.5. The number of aryl methyl sites for hydroxylation is 3. The lowest BCUT2D eigenvalue weighted by Crippen LogP contribution is -2.27. The highest BCUT2D eigenvalue weighted by atomic mass is 16.3. The fourth-order valence-electron chi connectivity index (χ4n) is 2.65. The number of hydrogen-bond donors (Lipinski definition) is 1. The molecular formula is C15H22N2O. The average Bonchev–Trinajstić information content (AvgIpc) is 2.73. The summed E-state index contributed by atoms with van der Waals surface area (Å²) in [5.41, 5.74) is 5.26. The maximum Gasteiger partial charge on any atom is 0.0942 e. The van der Waals surface area contributed by atoms with E-state index < -0.39 is 0 Å². The van der Waals surface area contributed by atoms with Crippen LogP contribution in [-0.2, 0) is 0 Å². The molecule has 1 aromatic rings. The van der Waals surface area contributed by atoms with Crippen LogP contribution in [0.25, 0.3) is 0 Å². The van der Waals surface area contributed by atoms with Crippen molar-refractivity contribution in [3.63, 3.8) is 0 Å². The lowest BCUT2D eigenvalue weighted by molar-refractivity contribution is 0.263. The highest BCUT2D eigenvalue weighted by molar-refractivity contribution is 5.62. The van der Waals surface area contributed by atoms with Gasteiger partial charge in [0.2, 0.25) is 0 Å². The van der Waals surface area contributed by atoms with Gasteiger partial charge in [-0.1, -0.05) is 17.7 Å². The van der Waals surface area contributed by atoms with E-state index in [1.807, 2.05) is 0 Å². The van der Waals surface area contributed by atoms with Gasteiger partial charge in [-0.3, -0.25) is 0 Å². The molecule has 3 heteroatoms. The minimum atomic E-state index is 0.257. The lowest BCUT2D eigenvalue weighted by Gasteiger charge is -2.24. The summed E-state index contributed by atoms with van der Waals surface area (Å²) in [6, 6.07) is 4.46. The molecule has 1 heterocycles. The Morgan fingerprint density at radius 2 is 1.78 bits per heavy atom. The fraction of sp³-hybridized carbons (Fsp3) is 0.467. The first-order valence-corrected chi connectivity index (χ1v) is 6.49. The molecule has 0 spiro atoms. The average molecular weight is 246 g/mol. The van der Waals surface area contributed by atoms with Crippen molar-refractivity contribution in [3.05, 3.63) is 41.2 Å². The van der Waals surface area contributed by atoms with Crippen molar-refractivity contribution in [3.8, 4) is 0 Å². The summed E-state index contributed by atoms with van der Waals surface area (Å²) < 4.78 is 0. The molecule has 1 aliphatic rings. The molecule has 3 nitrogen and oxygen atoms in total. The van der Waals surface area contributed by atoms with Gasteiger partial charge in [-0.2, -0.15) is 0 Å². The van der Waals surface area contributed by atoms with Gasteiger partial charge in [0.15, 0.2) is 0 Å². The smallest absolute Gasteiger partial charge is 0.0942 e. The molecule has 0 aliphatic carbocycles. The van der Waals surface area contributed by atoms with E-state index in [9.17, 15) is 0 Å². The van der Waals surface area contributed by atoms with E-state index in [0.717, 1.165) is 19.6 Å². The van der Waals surface area contributed by atoms with Gasteiger partial charge in [0.05, 0.1) is 6.67 Å². The van der Waals surface area contributed by atoms with E-state index in [0.29, 0.717) is 0 Å². The van der Waals surface area contributed by atoms with Crippen LogP contribution in [-0.4, -0.2) is 29.8 Å². The van der Waals surface area contributed by atoms with Gasteiger partial charge in [-0.25, -0.2) is 0 Å². The van der Waals surface area contributed by atoms with Crippen LogP contribution in [0, 0.1) is 20.8 Å². The first-order valence-electron chi connectivity index (χ1n) is 6.49. The number of rotatable bonds is 4. The van der Waals surface area contributed by atoms with Crippen LogP contribution in [0.1, 0.15) is 23.1 Å². The molecule has 0 saturated heterocycles. The second-order valence-corrected chi connectivity index (χ2v) is 5.05. The fourth-order valence-corrected chi connectivity index (χ4v) is 2.65. The molecule has 2 rings (SSSR count). The summed E-state index contributed by atoms with van der Waals surface area (Å²) in [6.45, 7) is 8.52. The van der Waals surface area contributed by atoms with E-state index >= 15 is 0 Å². The molecule has 1 N–H and O–H groups in total. The van der Waals surface area contributed by atoms with Gasteiger partial charge >= 0.3 is 0 Å². The molecule has 0 atom stereocenters. The molecule has 0 fully saturated rings. The Kier molecular flexibility index (Phi) is 3.92. The largest absolute Gasteiger partial charge is 0.396 e. The molecule has 0 amide bonds. The summed E-state index contributed by atoms with van der Waals surface area (Å²) in [7, 11) is 0. The first kappa shape index (κ1) is 13.0. The van der Waals surface area contributed by atoms with Crippen molar-refractivity contribution in [1.82, 2.24) is 4.90 Å². The van der Waals surface area contributed by atoms with E-state index in [1.54, 1.807) is 0 Å². The Bertz CT molecular complexity index is 431. The van der Waals surface area contributed by atoms with Crippen LogP contribution in [0.15, 0.2) is 24.5 Å². The van der Waals surface area contributed by atoms with Gasteiger partial charge < -0.3 is 14.9 Å². The van der Waals surface area contributed by atoms with Gasteiger partial charge in [-0.15, -0.1) is 0 Å². The van der Waals surface area contributed by atoms with Gasteiger partial charge in [0.1, 0.15) is 0 Å². The van der Waals surface area contributed by atoms with Crippen molar-refractivity contribution < 1.29 is 5.11 Å². The number of aliphatic hydroxyl groups is 1. The SMILES string of the molecule is Cc1cc(C)c(N2C=CN(CCCO)C2)c(C)c1. The summed E-state index contributed by atoms with van der Waals surface area (Å²) in [4.78, 5) is 4.51. The lowest BCUT2D eigenvalue weighted by atomic mass is 10.0. The third-order valence-electron chi connectivity index (χ3n) is 3.32. The van der Waals surface area contributed by atoms with Crippen molar-refractivity contribution in [2.45, 2.75) is 27.2 Å². The van der Waals surface area contributed by atoms with Crippen LogP contribution in [0.3, 0.4) is 0 Å². The second-order valence-electron chi connectivity index (χ2n) is 5.05. The third-order valence-corrected chi connectivity index (χ3v) is 3.32. The summed E-state index contributed by atoms with van der Waals surface area (Å²) in [5, 5.41) is 8.86. The Balaban J connectivity index is 2.13. The summed E-state index contributed by atoms with van der Waals surface area (Å²) >= 11 is 0. The molecule has 1 aliphatic heterocycles. The van der Waals surface area contributed by atoms with E-state index in [1.165, 1.54) is 22.4 Å². The third kappa shape index (κ3) is 2.67. The molecule has 98 valence electrons. The normalized spacial score (nSPS) is 14.7. The Hall–Kier alpha value is -1.48. The van der Waals surface area contributed by atoms with E-state index in [2.05, 4.69) is 55.1 Å². The number of hydrogen-bond acceptors (Lipinski definition) is 3.